The Labute approximate surface area is 124 Å². The Morgan fingerprint density at radius 1 is 1.14 bits per heavy atom. The zero-order chi connectivity index (χ0) is 14.2. The van der Waals surface area contributed by atoms with Gasteiger partial charge in [-0.15, -0.1) is 0 Å². The molecule has 21 heavy (non-hydrogen) atoms. The lowest BCUT2D eigenvalue weighted by molar-refractivity contribution is 0.111. The summed E-state index contributed by atoms with van der Waals surface area (Å²) >= 11 is 0. The minimum atomic E-state index is 0.583. The predicted octanol–water partition coefficient (Wildman–Crippen LogP) is 3.74. The number of aldehydes is 1. The number of hydrogen-bond donors (Lipinski definition) is 0. The van der Waals surface area contributed by atoms with Gasteiger partial charge in [-0.3, -0.25) is 4.79 Å². The molecule has 0 fully saturated rings. The van der Waals surface area contributed by atoms with Crippen LogP contribution in [0.2, 0.25) is 0 Å². The number of rotatable bonds is 2. The van der Waals surface area contributed by atoms with Gasteiger partial charge in [-0.1, -0.05) is 12.1 Å². The summed E-state index contributed by atoms with van der Waals surface area (Å²) in [6.07, 6.45) is 11.9. The Morgan fingerprint density at radius 2 is 2.10 bits per heavy atom. The summed E-state index contributed by atoms with van der Waals surface area (Å²) in [6, 6.07) is 6.72. The SMILES string of the molecule is O=Cc1ncn2c1CCc1cc(C3=CCCCC3)ccc1-2. The highest BCUT2D eigenvalue weighted by Gasteiger charge is 2.20. The van der Waals surface area contributed by atoms with Gasteiger partial charge in [0.15, 0.2) is 6.29 Å². The summed E-state index contributed by atoms with van der Waals surface area (Å²) < 4.78 is 2.07. The number of aromatic nitrogens is 2. The normalized spacial score (nSPS) is 16.9. The van der Waals surface area contributed by atoms with E-state index in [1.807, 2.05) is 0 Å². The number of aryl methyl sites for hydroxylation is 1. The van der Waals surface area contributed by atoms with Crippen molar-refractivity contribution < 1.29 is 4.79 Å². The van der Waals surface area contributed by atoms with E-state index in [0.29, 0.717) is 5.69 Å². The lowest BCUT2D eigenvalue weighted by Gasteiger charge is -2.21. The molecule has 2 aromatic rings. The van der Waals surface area contributed by atoms with Crippen LogP contribution in [0.15, 0.2) is 30.6 Å². The lowest BCUT2D eigenvalue weighted by atomic mass is 9.90. The average molecular weight is 278 g/mol. The van der Waals surface area contributed by atoms with Gasteiger partial charge in [0.2, 0.25) is 0 Å². The average Bonchev–Trinajstić information content (AvgIpc) is 2.98. The van der Waals surface area contributed by atoms with E-state index < -0.39 is 0 Å². The van der Waals surface area contributed by atoms with Crippen molar-refractivity contribution in [1.29, 1.82) is 0 Å². The molecule has 1 aromatic carbocycles. The first-order chi connectivity index (χ1) is 10.4. The highest BCUT2D eigenvalue weighted by Crippen LogP contribution is 2.32. The largest absolute Gasteiger partial charge is 0.302 e. The highest BCUT2D eigenvalue weighted by atomic mass is 16.1. The molecule has 0 atom stereocenters. The minimum Gasteiger partial charge on any atom is -0.302 e. The van der Waals surface area contributed by atoms with E-state index >= 15 is 0 Å². The van der Waals surface area contributed by atoms with Crippen LogP contribution in [0.25, 0.3) is 11.3 Å². The molecule has 4 rings (SSSR count). The first-order valence-electron chi connectivity index (χ1n) is 7.71. The molecular formula is C18H18N2O. The summed E-state index contributed by atoms with van der Waals surface area (Å²) in [4.78, 5) is 15.2. The van der Waals surface area contributed by atoms with Gasteiger partial charge in [0.1, 0.15) is 12.0 Å². The van der Waals surface area contributed by atoms with Crippen molar-refractivity contribution in [1.82, 2.24) is 9.55 Å². The third kappa shape index (κ3) is 2.04. The summed E-state index contributed by atoms with van der Waals surface area (Å²) in [6.45, 7) is 0. The van der Waals surface area contributed by atoms with E-state index in [9.17, 15) is 4.79 Å². The quantitative estimate of drug-likeness (QED) is 0.784. The molecule has 0 saturated carbocycles. The third-order valence-electron chi connectivity index (χ3n) is 4.64. The van der Waals surface area contributed by atoms with E-state index in [4.69, 9.17) is 0 Å². The van der Waals surface area contributed by atoms with Crippen molar-refractivity contribution in [2.24, 2.45) is 0 Å². The Hall–Kier alpha value is -2.16. The molecule has 0 saturated heterocycles. The fourth-order valence-corrected chi connectivity index (χ4v) is 3.52. The summed E-state index contributed by atoms with van der Waals surface area (Å²) in [5.41, 5.74) is 7.03. The van der Waals surface area contributed by atoms with Crippen molar-refractivity contribution in [3.8, 4) is 5.69 Å². The van der Waals surface area contributed by atoms with Gasteiger partial charge in [-0.05, 0) is 67.4 Å². The van der Waals surface area contributed by atoms with Gasteiger partial charge in [0, 0.05) is 0 Å². The van der Waals surface area contributed by atoms with Gasteiger partial charge < -0.3 is 4.57 Å². The van der Waals surface area contributed by atoms with Gasteiger partial charge >= 0.3 is 0 Å². The maximum absolute atomic E-state index is 11.0. The molecule has 1 aliphatic carbocycles. The fraction of sp³-hybridized carbons (Fsp3) is 0.333. The maximum atomic E-state index is 11.0. The van der Waals surface area contributed by atoms with Gasteiger partial charge in [-0.25, -0.2) is 4.98 Å². The van der Waals surface area contributed by atoms with Crippen molar-refractivity contribution in [2.45, 2.75) is 38.5 Å². The van der Waals surface area contributed by atoms with Crippen LogP contribution in [-0.2, 0) is 12.8 Å². The van der Waals surface area contributed by atoms with Crippen LogP contribution in [0.4, 0.5) is 0 Å². The Balaban J connectivity index is 1.77. The first kappa shape index (κ1) is 12.6. The van der Waals surface area contributed by atoms with Crippen molar-refractivity contribution in [3.63, 3.8) is 0 Å². The number of allylic oxidation sites excluding steroid dienone is 2. The van der Waals surface area contributed by atoms with Gasteiger partial charge in [-0.2, -0.15) is 0 Å². The van der Waals surface area contributed by atoms with E-state index in [2.05, 4.69) is 33.8 Å². The summed E-state index contributed by atoms with van der Waals surface area (Å²) in [5, 5.41) is 0. The number of carbonyl (C=O) groups excluding carboxylic acids is 1. The Morgan fingerprint density at radius 3 is 2.90 bits per heavy atom. The van der Waals surface area contributed by atoms with Crippen molar-refractivity contribution in [2.75, 3.05) is 0 Å². The maximum Gasteiger partial charge on any atom is 0.170 e. The molecular weight excluding hydrogens is 260 g/mol. The standard InChI is InChI=1S/C18H18N2O/c21-11-16-18-9-7-15-10-14(13-4-2-1-3-5-13)6-8-17(15)20(18)12-19-16/h4,6,8,10-12H,1-3,5,7,9H2. The summed E-state index contributed by atoms with van der Waals surface area (Å²) in [5.74, 6) is 0. The van der Waals surface area contributed by atoms with E-state index in [1.165, 1.54) is 48.1 Å². The van der Waals surface area contributed by atoms with Crippen molar-refractivity contribution >= 4 is 11.9 Å². The van der Waals surface area contributed by atoms with Crippen LogP contribution in [0.1, 0.15) is 53.0 Å². The van der Waals surface area contributed by atoms with Crippen LogP contribution >= 0.6 is 0 Å². The summed E-state index contributed by atoms with van der Waals surface area (Å²) in [7, 11) is 0. The Kier molecular flexibility index (Phi) is 2.99. The smallest absolute Gasteiger partial charge is 0.170 e. The van der Waals surface area contributed by atoms with E-state index in [0.717, 1.165) is 24.8 Å². The molecule has 1 aliphatic heterocycles. The van der Waals surface area contributed by atoms with Crippen LogP contribution in [-0.4, -0.2) is 15.8 Å². The third-order valence-corrected chi connectivity index (χ3v) is 4.64. The predicted molar refractivity (Wildman–Crippen MR) is 82.8 cm³/mol. The molecule has 0 amide bonds. The fourth-order valence-electron chi connectivity index (χ4n) is 3.52. The Bertz CT molecular complexity index is 740. The van der Waals surface area contributed by atoms with Crippen LogP contribution in [0.5, 0.6) is 0 Å². The van der Waals surface area contributed by atoms with Crippen molar-refractivity contribution in [3.05, 3.63) is 53.1 Å². The molecule has 106 valence electrons. The number of imidazole rings is 1. The van der Waals surface area contributed by atoms with Crippen LogP contribution in [0, 0.1) is 0 Å². The van der Waals surface area contributed by atoms with Crippen LogP contribution < -0.4 is 0 Å². The molecule has 0 unspecified atom stereocenters. The second kappa shape index (κ2) is 4.99. The van der Waals surface area contributed by atoms with Gasteiger partial charge in [0.05, 0.1) is 11.4 Å². The number of hydrogen-bond acceptors (Lipinski definition) is 2. The monoisotopic (exact) mass is 278 g/mol. The number of nitrogens with zero attached hydrogens (tertiary/aromatic N) is 2. The minimum absolute atomic E-state index is 0.583. The van der Waals surface area contributed by atoms with Crippen LogP contribution in [0.3, 0.4) is 0 Å². The zero-order valence-corrected chi connectivity index (χ0v) is 12.0. The molecule has 0 N–H and O–H groups in total. The molecule has 1 aromatic heterocycles. The topological polar surface area (TPSA) is 34.9 Å². The lowest BCUT2D eigenvalue weighted by Crippen LogP contribution is -2.12. The first-order valence-corrected chi connectivity index (χ1v) is 7.71. The number of fused-ring (bicyclic) bond motifs is 3. The molecule has 2 aliphatic rings. The number of carbonyl (C=O) groups is 1. The van der Waals surface area contributed by atoms with E-state index in [1.54, 1.807) is 6.33 Å². The van der Waals surface area contributed by atoms with Gasteiger partial charge in [0.25, 0.3) is 0 Å². The molecule has 3 heteroatoms. The zero-order valence-electron chi connectivity index (χ0n) is 12.0. The molecule has 0 radical (unpaired) electrons. The van der Waals surface area contributed by atoms with E-state index in [-0.39, 0.29) is 0 Å². The second-order valence-corrected chi connectivity index (χ2v) is 5.88. The molecule has 0 spiro atoms. The highest BCUT2D eigenvalue weighted by molar-refractivity contribution is 5.75. The second-order valence-electron chi connectivity index (χ2n) is 5.88. The molecule has 3 nitrogen and oxygen atoms in total. The molecule has 0 bridgehead atoms. The molecule has 2 heterocycles. The number of benzene rings is 1.